The van der Waals surface area contributed by atoms with Crippen LogP contribution in [0.2, 0.25) is 0 Å². The van der Waals surface area contributed by atoms with Crippen molar-refractivity contribution in [1.29, 1.82) is 0 Å². The quantitative estimate of drug-likeness (QED) is 0.820. The Balaban J connectivity index is 2.49. The molecule has 0 fully saturated rings. The zero-order chi connectivity index (χ0) is 14.3. The largest absolute Gasteiger partial charge is 0.481 e. The van der Waals surface area contributed by atoms with Gasteiger partial charge in [-0.1, -0.05) is 39.0 Å². The molecule has 1 atom stereocenters. The minimum absolute atomic E-state index is 0.0495. The van der Waals surface area contributed by atoms with Crippen molar-refractivity contribution >= 4 is 5.91 Å². The lowest BCUT2D eigenvalue weighted by atomic mass is 10.1. The van der Waals surface area contributed by atoms with Gasteiger partial charge < -0.3 is 10.1 Å². The maximum absolute atomic E-state index is 11.9. The van der Waals surface area contributed by atoms with Crippen molar-refractivity contribution in [3.63, 3.8) is 0 Å². The molecule has 0 radical (unpaired) electrons. The fourth-order valence-electron chi connectivity index (χ4n) is 1.78. The summed E-state index contributed by atoms with van der Waals surface area (Å²) in [5, 5.41) is 2.91. The molecule has 3 nitrogen and oxygen atoms in total. The summed E-state index contributed by atoms with van der Waals surface area (Å²) in [5.74, 6) is 1.35. The Morgan fingerprint density at radius 1 is 1.26 bits per heavy atom. The van der Waals surface area contributed by atoms with Gasteiger partial charge in [-0.15, -0.1) is 0 Å². The number of nitrogens with one attached hydrogen (secondary N) is 1. The van der Waals surface area contributed by atoms with Gasteiger partial charge in [0, 0.05) is 6.54 Å². The zero-order valence-electron chi connectivity index (χ0n) is 12.4. The van der Waals surface area contributed by atoms with E-state index in [0.29, 0.717) is 12.5 Å². The van der Waals surface area contributed by atoms with Gasteiger partial charge >= 0.3 is 0 Å². The number of carbonyl (C=O) groups is 1. The molecule has 106 valence electrons. The van der Waals surface area contributed by atoms with E-state index in [-0.39, 0.29) is 5.91 Å². The van der Waals surface area contributed by atoms with Crippen molar-refractivity contribution in [2.75, 3.05) is 6.54 Å². The van der Waals surface area contributed by atoms with Crippen molar-refractivity contribution in [2.45, 2.75) is 46.6 Å². The summed E-state index contributed by atoms with van der Waals surface area (Å²) in [7, 11) is 0. The van der Waals surface area contributed by atoms with Crippen molar-refractivity contribution in [3.05, 3.63) is 29.8 Å². The van der Waals surface area contributed by atoms with Crippen molar-refractivity contribution < 1.29 is 9.53 Å². The van der Waals surface area contributed by atoms with Crippen molar-refractivity contribution in [3.8, 4) is 5.75 Å². The third-order valence-electron chi connectivity index (χ3n) is 3.05. The van der Waals surface area contributed by atoms with Gasteiger partial charge in [0.25, 0.3) is 5.91 Å². The Labute approximate surface area is 116 Å². The van der Waals surface area contributed by atoms with Crippen molar-refractivity contribution in [1.82, 2.24) is 5.32 Å². The van der Waals surface area contributed by atoms with Gasteiger partial charge in [-0.2, -0.15) is 0 Å². The molecular weight excluding hydrogens is 238 g/mol. The molecule has 1 aromatic carbocycles. The van der Waals surface area contributed by atoms with E-state index in [4.69, 9.17) is 4.74 Å². The Morgan fingerprint density at radius 2 is 1.95 bits per heavy atom. The maximum atomic E-state index is 11.9. The van der Waals surface area contributed by atoms with Crippen LogP contribution in [0, 0.1) is 5.92 Å². The molecule has 1 N–H and O–H groups in total. The fourth-order valence-corrected chi connectivity index (χ4v) is 1.78. The molecule has 0 aromatic heterocycles. The second kappa shape index (κ2) is 7.82. The second-order valence-electron chi connectivity index (χ2n) is 5.19. The molecule has 0 bridgehead atoms. The van der Waals surface area contributed by atoms with Crippen LogP contribution in [0.15, 0.2) is 24.3 Å². The molecule has 0 saturated carbocycles. The van der Waals surface area contributed by atoms with Crippen LogP contribution < -0.4 is 10.1 Å². The SMILES string of the molecule is CCc1ccccc1O[C@H](C)C(=O)NCCC(C)C. The molecule has 0 aliphatic rings. The Hall–Kier alpha value is -1.51. The summed E-state index contributed by atoms with van der Waals surface area (Å²) >= 11 is 0. The normalized spacial score (nSPS) is 12.3. The first-order valence-corrected chi connectivity index (χ1v) is 7.06. The van der Waals surface area contributed by atoms with Crippen LogP contribution in [-0.4, -0.2) is 18.6 Å². The van der Waals surface area contributed by atoms with E-state index < -0.39 is 6.10 Å². The molecule has 0 saturated heterocycles. The van der Waals surface area contributed by atoms with Crippen LogP contribution in [0.5, 0.6) is 5.75 Å². The second-order valence-corrected chi connectivity index (χ2v) is 5.19. The molecule has 1 aromatic rings. The summed E-state index contributed by atoms with van der Waals surface area (Å²) in [6.07, 6.45) is 1.43. The van der Waals surface area contributed by atoms with Gasteiger partial charge in [-0.25, -0.2) is 0 Å². The molecule has 3 heteroatoms. The highest BCUT2D eigenvalue weighted by Crippen LogP contribution is 2.19. The third kappa shape index (κ3) is 5.33. The average Bonchev–Trinajstić information content (AvgIpc) is 2.38. The summed E-state index contributed by atoms with van der Waals surface area (Å²) < 4.78 is 5.74. The monoisotopic (exact) mass is 263 g/mol. The molecular formula is C16H25NO2. The van der Waals surface area contributed by atoms with E-state index in [2.05, 4.69) is 26.1 Å². The number of para-hydroxylation sites is 1. The number of aryl methyl sites for hydroxylation is 1. The van der Waals surface area contributed by atoms with Gasteiger partial charge in [0.15, 0.2) is 6.10 Å². The zero-order valence-corrected chi connectivity index (χ0v) is 12.4. The number of hydrogen-bond acceptors (Lipinski definition) is 2. The minimum atomic E-state index is -0.458. The number of rotatable bonds is 7. The fraction of sp³-hybridized carbons (Fsp3) is 0.562. The standard InChI is InChI=1S/C16H25NO2/c1-5-14-8-6-7-9-15(14)19-13(4)16(18)17-11-10-12(2)3/h6-9,12-13H,5,10-11H2,1-4H3,(H,17,18)/t13-/m1/s1. The van der Waals surface area contributed by atoms with E-state index in [1.165, 1.54) is 0 Å². The van der Waals surface area contributed by atoms with Gasteiger partial charge in [-0.3, -0.25) is 4.79 Å². The highest BCUT2D eigenvalue weighted by molar-refractivity contribution is 5.80. The number of hydrogen-bond donors (Lipinski definition) is 1. The predicted octanol–water partition coefficient (Wildman–Crippen LogP) is 3.18. The lowest BCUT2D eigenvalue weighted by Gasteiger charge is -2.17. The van der Waals surface area contributed by atoms with E-state index in [1.54, 1.807) is 6.92 Å². The summed E-state index contributed by atoms with van der Waals surface area (Å²) in [4.78, 5) is 11.9. The smallest absolute Gasteiger partial charge is 0.260 e. The van der Waals surface area contributed by atoms with E-state index >= 15 is 0 Å². The predicted molar refractivity (Wildman–Crippen MR) is 78.4 cm³/mol. The van der Waals surface area contributed by atoms with Gasteiger partial charge in [0.05, 0.1) is 0 Å². The Kier molecular flexibility index (Phi) is 6.40. The maximum Gasteiger partial charge on any atom is 0.260 e. The highest BCUT2D eigenvalue weighted by atomic mass is 16.5. The van der Waals surface area contributed by atoms with E-state index in [0.717, 1.165) is 24.2 Å². The van der Waals surface area contributed by atoms with Crippen LogP contribution in [0.1, 0.15) is 39.7 Å². The number of benzene rings is 1. The van der Waals surface area contributed by atoms with E-state index in [1.807, 2.05) is 24.3 Å². The average molecular weight is 263 g/mol. The van der Waals surface area contributed by atoms with E-state index in [9.17, 15) is 4.79 Å². The van der Waals surface area contributed by atoms with Gasteiger partial charge in [0.2, 0.25) is 0 Å². The topological polar surface area (TPSA) is 38.3 Å². The summed E-state index contributed by atoms with van der Waals surface area (Å²) in [6, 6.07) is 7.85. The van der Waals surface area contributed by atoms with Crippen LogP contribution in [-0.2, 0) is 11.2 Å². The van der Waals surface area contributed by atoms with Gasteiger partial charge in [-0.05, 0) is 37.3 Å². The number of carbonyl (C=O) groups excluding carboxylic acids is 1. The molecule has 1 amide bonds. The third-order valence-corrected chi connectivity index (χ3v) is 3.05. The molecule has 0 heterocycles. The molecule has 19 heavy (non-hydrogen) atoms. The van der Waals surface area contributed by atoms with Crippen molar-refractivity contribution in [2.24, 2.45) is 5.92 Å². The Morgan fingerprint density at radius 3 is 2.58 bits per heavy atom. The molecule has 0 aliphatic carbocycles. The van der Waals surface area contributed by atoms with Crippen LogP contribution in [0.4, 0.5) is 0 Å². The minimum Gasteiger partial charge on any atom is -0.481 e. The van der Waals surface area contributed by atoms with Crippen LogP contribution >= 0.6 is 0 Å². The molecule has 0 aliphatic heterocycles. The molecule has 0 spiro atoms. The summed E-state index contributed by atoms with van der Waals surface area (Å²) in [5.41, 5.74) is 1.13. The lowest BCUT2D eigenvalue weighted by Crippen LogP contribution is -2.37. The van der Waals surface area contributed by atoms with Gasteiger partial charge in [0.1, 0.15) is 5.75 Å². The molecule has 1 rings (SSSR count). The number of ether oxygens (including phenoxy) is 1. The first-order chi connectivity index (χ1) is 9.04. The lowest BCUT2D eigenvalue weighted by molar-refractivity contribution is -0.127. The first kappa shape index (κ1) is 15.5. The van der Waals surface area contributed by atoms with Crippen LogP contribution in [0.25, 0.3) is 0 Å². The highest BCUT2D eigenvalue weighted by Gasteiger charge is 2.15. The summed E-state index contributed by atoms with van der Waals surface area (Å²) in [6.45, 7) is 8.86. The molecule has 0 unspecified atom stereocenters. The first-order valence-electron chi connectivity index (χ1n) is 7.06. The van der Waals surface area contributed by atoms with Crippen LogP contribution in [0.3, 0.4) is 0 Å². The number of amides is 1. The Bertz CT molecular complexity index is 401.